The maximum Gasteiger partial charge on any atom is 0.326 e. The van der Waals surface area contributed by atoms with Gasteiger partial charge in [-0.05, 0) is 54.1 Å². The van der Waals surface area contributed by atoms with Gasteiger partial charge >= 0.3 is 5.97 Å². The Bertz CT molecular complexity index is 1280. The number of hydrogen-bond donors (Lipinski definition) is 2. The van der Waals surface area contributed by atoms with Gasteiger partial charge in [0.2, 0.25) is 0 Å². The molecule has 4 aromatic rings. The largest absolute Gasteiger partial charge is 0.497 e. The summed E-state index contributed by atoms with van der Waals surface area (Å²) in [5.41, 5.74) is 3.08. The molecule has 2 aromatic heterocycles. The Morgan fingerprint density at radius 2 is 1.67 bits per heavy atom. The molecule has 0 saturated heterocycles. The fourth-order valence-electron chi connectivity index (χ4n) is 3.54. The number of anilines is 1. The third-order valence-electron chi connectivity index (χ3n) is 5.39. The standard InChI is InChI=1S/C27H26N4O5/c1-34-22-11-18(12-23(14-22)35-2)16-36-21-8-6-19(7-9-21)24-15-26(30-17-29-24)31-25(27(32)33)13-20-5-3-4-10-28-20/h3-12,14-15,17,25H,13,16H2,1-2H3,(H,32,33)(H,29,30,31). The molecule has 184 valence electrons. The number of nitrogens with zero attached hydrogens (tertiary/aromatic N) is 3. The molecule has 0 bridgehead atoms. The summed E-state index contributed by atoms with van der Waals surface area (Å²) < 4.78 is 16.5. The van der Waals surface area contributed by atoms with E-state index in [1.54, 1.807) is 44.7 Å². The second-order valence-corrected chi connectivity index (χ2v) is 7.88. The van der Waals surface area contributed by atoms with Crippen LogP contribution in [0.25, 0.3) is 11.3 Å². The Morgan fingerprint density at radius 3 is 2.31 bits per heavy atom. The van der Waals surface area contributed by atoms with Crippen LogP contribution in [0.15, 0.2) is 79.3 Å². The van der Waals surface area contributed by atoms with Crippen LogP contribution < -0.4 is 19.5 Å². The first-order valence-electron chi connectivity index (χ1n) is 11.2. The van der Waals surface area contributed by atoms with Crippen molar-refractivity contribution in [2.24, 2.45) is 0 Å². The SMILES string of the molecule is COc1cc(COc2ccc(-c3cc(NC(Cc4ccccn4)C(=O)O)ncn3)cc2)cc(OC)c1. The number of carboxylic acid groups (broad SMARTS) is 1. The van der Waals surface area contributed by atoms with Crippen molar-refractivity contribution in [2.75, 3.05) is 19.5 Å². The first kappa shape index (κ1) is 24.5. The van der Waals surface area contributed by atoms with Gasteiger partial charge in [-0.1, -0.05) is 6.07 Å². The van der Waals surface area contributed by atoms with Crippen LogP contribution in [0.1, 0.15) is 11.3 Å². The van der Waals surface area contributed by atoms with Gasteiger partial charge in [0.1, 0.15) is 42.0 Å². The third kappa shape index (κ3) is 6.47. The van der Waals surface area contributed by atoms with Crippen LogP contribution in [0.3, 0.4) is 0 Å². The number of methoxy groups -OCH3 is 2. The van der Waals surface area contributed by atoms with Gasteiger partial charge < -0.3 is 24.6 Å². The van der Waals surface area contributed by atoms with Gasteiger partial charge in [-0.2, -0.15) is 0 Å². The maximum absolute atomic E-state index is 11.8. The number of nitrogens with one attached hydrogen (secondary N) is 1. The monoisotopic (exact) mass is 486 g/mol. The van der Waals surface area contributed by atoms with Gasteiger partial charge in [0.15, 0.2) is 0 Å². The summed E-state index contributed by atoms with van der Waals surface area (Å²) in [5.74, 6) is 1.50. The molecular weight excluding hydrogens is 460 g/mol. The van der Waals surface area contributed by atoms with Gasteiger partial charge in [0, 0.05) is 36.0 Å². The van der Waals surface area contributed by atoms with E-state index >= 15 is 0 Å². The smallest absolute Gasteiger partial charge is 0.326 e. The van der Waals surface area contributed by atoms with E-state index in [2.05, 4.69) is 20.3 Å². The van der Waals surface area contributed by atoms with Gasteiger partial charge in [-0.3, -0.25) is 4.98 Å². The minimum Gasteiger partial charge on any atom is -0.497 e. The molecule has 0 aliphatic heterocycles. The fraction of sp³-hybridized carbons (Fsp3) is 0.185. The lowest BCUT2D eigenvalue weighted by atomic mass is 10.1. The normalized spacial score (nSPS) is 11.4. The second-order valence-electron chi connectivity index (χ2n) is 7.88. The predicted octanol–water partition coefficient (Wildman–Crippen LogP) is 4.24. The molecule has 0 saturated carbocycles. The highest BCUT2D eigenvalue weighted by Crippen LogP contribution is 2.25. The zero-order valence-corrected chi connectivity index (χ0v) is 19.9. The summed E-state index contributed by atoms with van der Waals surface area (Å²) in [5, 5.41) is 12.6. The molecule has 0 radical (unpaired) electrons. The Labute approximate surface area is 208 Å². The van der Waals surface area contributed by atoms with E-state index in [-0.39, 0.29) is 6.42 Å². The minimum atomic E-state index is -0.990. The quantitative estimate of drug-likeness (QED) is 0.321. The summed E-state index contributed by atoms with van der Waals surface area (Å²) in [4.78, 5) is 24.5. The van der Waals surface area contributed by atoms with Gasteiger partial charge in [0.25, 0.3) is 0 Å². The average Bonchev–Trinajstić information content (AvgIpc) is 2.92. The van der Waals surface area contributed by atoms with Gasteiger partial charge in [-0.15, -0.1) is 0 Å². The number of carboxylic acids is 1. The van der Waals surface area contributed by atoms with E-state index in [4.69, 9.17) is 14.2 Å². The Morgan fingerprint density at radius 1 is 0.917 bits per heavy atom. The van der Waals surface area contributed by atoms with Crippen LogP contribution >= 0.6 is 0 Å². The zero-order valence-electron chi connectivity index (χ0n) is 19.9. The van der Waals surface area contributed by atoms with Crippen LogP contribution in [0.2, 0.25) is 0 Å². The van der Waals surface area contributed by atoms with Crippen molar-refractivity contribution in [2.45, 2.75) is 19.1 Å². The highest BCUT2D eigenvalue weighted by molar-refractivity contribution is 5.77. The van der Waals surface area contributed by atoms with Crippen molar-refractivity contribution >= 4 is 11.8 Å². The fourth-order valence-corrected chi connectivity index (χ4v) is 3.54. The average molecular weight is 487 g/mol. The number of ether oxygens (including phenoxy) is 3. The molecule has 1 unspecified atom stereocenters. The lowest BCUT2D eigenvalue weighted by Crippen LogP contribution is -2.32. The van der Waals surface area contributed by atoms with Crippen LogP contribution in [0.5, 0.6) is 17.2 Å². The maximum atomic E-state index is 11.8. The molecule has 0 spiro atoms. The number of aliphatic carboxylic acids is 1. The molecule has 0 fully saturated rings. The number of pyridine rings is 1. The molecule has 9 nitrogen and oxygen atoms in total. The Hall–Kier alpha value is -4.66. The number of aromatic nitrogens is 3. The number of carbonyl (C=O) groups is 1. The van der Waals surface area contributed by atoms with Crippen molar-refractivity contribution in [3.8, 4) is 28.5 Å². The van der Waals surface area contributed by atoms with Crippen molar-refractivity contribution < 1.29 is 24.1 Å². The van der Waals surface area contributed by atoms with Crippen LogP contribution in [-0.4, -0.2) is 46.3 Å². The molecule has 2 N–H and O–H groups in total. The van der Waals surface area contributed by atoms with Crippen molar-refractivity contribution in [1.29, 1.82) is 0 Å². The topological polar surface area (TPSA) is 116 Å². The van der Waals surface area contributed by atoms with E-state index in [1.807, 2.05) is 42.5 Å². The molecule has 1 atom stereocenters. The predicted molar refractivity (Wildman–Crippen MR) is 134 cm³/mol. The number of rotatable bonds is 11. The number of hydrogen-bond acceptors (Lipinski definition) is 8. The van der Waals surface area contributed by atoms with Crippen LogP contribution in [0, 0.1) is 0 Å². The summed E-state index contributed by atoms with van der Waals surface area (Å²) in [6.07, 6.45) is 3.26. The summed E-state index contributed by atoms with van der Waals surface area (Å²) in [6, 6.07) is 19.3. The lowest BCUT2D eigenvalue weighted by Gasteiger charge is -2.15. The van der Waals surface area contributed by atoms with E-state index in [9.17, 15) is 9.90 Å². The molecule has 36 heavy (non-hydrogen) atoms. The Kier molecular flexibility index (Phi) is 7.92. The molecule has 2 heterocycles. The van der Waals surface area contributed by atoms with E-state index in [0.29, 0.717) is 41.1 Å². The summed E-state index contributed by atoms with van der Waals surface area (Å²) in [6.45, 7) is 0.349. The summed E-state index contributed by atoms with van der Waals surface area (Å²) >= 11 is 0. The molecule has 2 aromatic carbocycles. The molecule has 9 heteroatoms. The molecule has 0 amide bonds. The molecule has 4 rings (SSSR count). The van der Waals surface area contributed by atoms with E-state index in [0.717, 1.165) is 11.1 Å². The van der Waals surface area contributed by atoms with Crippen molar-refractivity contribution in [3.63, 3.8) is 0 Å². The highest BCUT2D eigenvalue weighted by Gasteiger charge is 2.19. The van der Waals surface area contributed by atoms with Gasteiger partial charge in [-0.25, -0.2) is 14.8 Å². The van der Waals surface area contributed by atoms with Crippen LogP contribution in [-0.2, 0) is 17.8 Å². The van der Waals surface area contributed by atoms with Crippen molar-refractivity contribution in [3.05, 3.63) is 90.5 Å². The second kappa shape index (κ2) is 11.7. The van der Waals surface area contributed by atoms with E-state index in [1.165, 1.54) is 6.33 Å². The zero-order chi connectivity index (χ0) is 25.3. The lowest BCUT2D eigenvalue weighted by molar-refractivity contribution is -0.137. The first-order chi connectivity index (χ1) is 17.5. The molecule has 0 aliphatic carbocycles. The third-order valence-corrected chi connectivity index (χ3v) is 5.39. The molecular formula is C27H26N4O5. The van der Waals surface area contributed by atoms with Crippen LogP contribution in [0.4, 0.5) is 5.82 Å². The minimum absolute atomic E-state index is 0.223. The van der Waals surface area contributed by atoms with Gasteiger partial charge in [0.05, 0.1) is 19.9 Å². The number of benzene rings is 2. The summed E-state index contributed by atoms with van der Waals surface area (Å²) in [7, 11) is 3.21. The molecule has 0 aliphatic rings. The highest BCUT2D eigenvalue weighted by atomic mass is 16.5. The van der Waals surface area contributed by atoms with Crippen molar-refractivity contribution in [1.82, 2.24) is 15.0 Å². The Balaban J connectivity index is 1.42. The van der Waals surface area contributed by atoms with E-state index < -0.39 is 12.0 Å². The first-order valence-corrected chi connectivity index (χ1v) is 11.2.